The van der Waals surface area contributed by atoms with E-state index in [4.69, 9.17) is 11.6 Å². The lowest BCUT2D eigenvalue weighted by molar-refractivity contribution is 0.153. The third-order valence-electron chi connectivity index (χ3n) is 3.14. The Kier molecular flexibility index (Phi) is 4.12. The van der Waals surface area contributed by atoms with Gasteiger partial charge in [0.1, 0.15) is 5.01 Å². The molecule has 0 fully saturated rings. The Bertz CT molecular complexity index is 567. The van der Waals surface area contributed by atoms with Gasteiger partial charge >= 0.3 is 0 Å². The number of aliphatic hydroxyl groups is 1. The molecule has 1 unspecified atom stereocenters. The Balaban J connectivity index is 1.69. The van der Waals surface area contributed by atoms with Gasteiger partial charge < -0.3 is 5.11 Å². The number of halogens is 1. The van der Waals surface area contributed by atoms with Crippen molar-refractivity contribution in [2.24, 2.45) is 0 Å². The number of hydrogen-bond acceptors (Lipinski definition) is 4. The van der Waals surface area contributed by atoms with Gasteiger partial charge in [-0.05, 0) is 43.5 Å². The number of benzene rings is 1. The number of aromatic nitrogens is 1. The Morgan fingerprint density at radius 2 is 2.16 bits per heavy atom. The fourth-order valence-electron chi connectivity index (χ4n) is 2.18. The molecule has 0 bridgehead atoms. The highest BCUT2D eigenvalue weighted by Crippen LogP contribution is 2.35. The molecular weight excluding hydrogens is 298 g/mol. The summed E-state index contributed by atoms with van der Waals surface area (Å²) in [6.45, 7) is 0. The summed E-state index contributed by atoms with van der Waals surface area (Å²) in [5.41, 5.74) is 0.919. The van der Waals surface area contributed by atoms with E-state index in [0.717, 1.165) is 40.7 Å². The zero-order valence-electron chi connectivity index (χ0n) is 10.3. The van der Waals surface area contributed by atoms with Gasteiger partial charge in [-0.3, -0.25) is 0 Å². The minimum atomic E-state index is -0.353. The molecule has 1 aromatic heterocycles. The van der Waals surface area contributed by atoms with Crippen LogP contribution in [0.2, 0.25) is 5.02 Å². The number of aliphatic hydroxyl groups excluding tert-OH is 1. The number of hydrogen-bond donors (Lipinski definition) is 1. The molecule has 1 aliphatic carbocycles. The molecule has 1 aliphatic rings. The molecule has 0 saturated heterocycles. The second-order valence-electron chi connectivity index (χ2n) is 4.57. The van der Waals surface area contributed by atoms with Gasteiger partial charge in [-0.1, -0.05) is 11.6 Å². The maximum atomic E-state index is 9.91. The summed E-state index contributed by atoms with van der Waals surface area (Å²) >= 11 is 9.36. The van der Waals surface area contributed by atoms with Gasteiger partial charge in [0.15, 0.2) is 0 Å². The topological polar surface area (TPSA) is 33.1 Å². The van der Waals surface area contributed by atoms with E-state index in [1.54, 1.807) is 23.1 Å². The summed E-state index contributed by atoms with van der Waals surface area (Å²) in [5.74, 6) is 0.853. The van der Waals surface area contributed by atoms with Crippen molar-refractivity contribution in [3.05, 3.63) is 44.9 Å². The summed E-state index contributed by atoms with van der Waals surface area (Å²) in [7, 11) is 0. The van der Waals surface area contributed by atoms with Gasteiger partial charge in [0.05, 0.1) is 17.6 Å². The highest BCUT2D eigenvalue weighted by Gasteiger charge is 2.22. The lowest BCUT2D eigenvalue weighted by Crippen LogP contribution is -2.07. The Morgan fingerprint density at radius 1 is 1.37 bits per heavy atom. The Labute approximate surface area is 125 Å². The zero-order valence-corrected chi connectivity index (χ0v) is 12.7. The van der Waals surface area contributed by atoms with Crippen LogP contribution in [0.25, 0.3) is 0 Å². The van der Waals surface area contributed by atoms with E-state index in [-0.39, 0.29) is 6.10 Å². The van der Waals surface area contributed by atoms with Crippen LogP contribution in [-0.2, 0) is 12.2 Å². The van der Waals surface area contributed by atoms with Crippen LogP contribution in [-0.4, -0.2) is 10.1 Å². The fourth-order valence-corrected chi connectivity index (χ4v) is 4.37. The Hall–Kier alpha value is -0.550. The molecule has 0 spiro atoms. The third kappa shape index (κ3) is 3.14. The van der Waals surface area contributed by atoms with Crippen LogP contribution in [0.15, 0.2) is 29.2 Å². The second-order valence-corrected chi connectivity index (χ2v) is 7.22. The van der Waals surface area contributed by atoms with Crippen molar-refractivity contribution in [2.45, 2.75) is 36.0 Å². The first kappa shape index (κ1) is 13.4. The lowest BCUT2D eigenvalue weighted by Gasteiger charge is -2.14. The average molecular weight is 312 g/mol. The van der Waals surface area contributed by atoms with Crippen molar-refractivity contribution in [1.29, 1.82) is 0 Å². The van der Waals surface area contributed by atoms with E-state index in [9.17, 15) is 5.11 Å². The van der Waals surface area contributed by atoms with Crippen molar-refractivity contribution in [3.8, 4) is 0 Å². The molecular formula is C14H14ClNOS2. The molecule has 0 saturated carbocycles. The second kappa shape index (κ2) is 5.83. The summed E-state index contributed by atoms with van der Waals surface area (Å²) in [5, 5.41) is 11.8. The monoisotopic (exact) mass is 311 g/mol. The molecule has 0 aliphatic heterocycles. The summed E-state index contributed by atoms with van der Waals surface area (Å²) in [6.07, 6.45) is 2.63. The van der Waals surface area contributed by atoms with E-state index in [1.807, 2.05) is 24.3 Å². The normalized spacial score (nSPS) is 18.3. The zero-order chi connectivity index (χ0) is 13.2. The molecule has 1 atom stereocenters. The summed E-state index contributed by atoms with van der Waals surface area (Å²) in [4.78, 5) is 7.05. The fraction of sp³-hybridized carbons (Fsp3) is 0.357. The quantitative estimate of drug-likeness (QED) is 0.850. The molecule has 1 N–H and O–H groups in total. The van der Waals surface area contributed by atoms with Gasteiger partial charge in [-0.25, -0.2) is 4.98 Å². The minimum absolute atomic E-state index is 0.353. The summed E-state index contributed by atoms with van der Waals surface area (Å²) in [6, 6.07) is 7.85. The molecule has 1 heterocycles. The first-order chi connectivity index (χ1) is 9.22. The number of aryl methyl sites for hydroxylation is 1. The molecule has 0 amide bonds. The average Bonchev–Trinajstić information content (AvgIpc) is 2.83. The maximum Gasteiger partial charge on any atom is 0.103 e. The number of fused-ring (bicyclic) bond motifs is 1. The van der Waals surface area contributed by atoms with E-state index >= 15 is 0 Å². The van der Waals surface area contributed by atoms with Crippen molar-refractivity contribution in [2.75, 3.05) is 0 Å². The molecule has 100 valence electrons. The number of thiazole rings is 1. The Morgan fingerprint density at radius 3 is 2.89 bits per heavy atom. The first-order valence-corrected chi connectivity index (χ1v) is 8.45. The van der Waals surface area contributed by atoms with Gasteiger partial charge in [0.25, 0.3) is 0 Å². The molecule has 3 rings (SSSR count). The molecule has 5 heteroatoms. The molecule has 19 heavy (non-hydrogen) atoms. The SMILES string of the molecule is OC1CCCc2sc(CSc3ccc(Cl)cc3)nc21. The van der Waals surface area contributed by atoms with Crippen LogP contribution in [0, 0.1) is 0 Å². The number of nitrogens with zero attached hydrogens (tertiary/aromatic N) is 1. The molecule has 0 radical (unpaired) electrons. The predicted octanol–water partition coefficient (Wildman–Crippen LogP) is 4.46. The standard InChI is InChI=1S/C14H14ClNOS2/c15-9-4-6-10(7-5-9)18-8-13-16-14-11(17)2-1-3-12(14)19-13/h4-7,11,17H,1-3,8H2. The van der Waals surface area contributed by atoms with Crippen LogP contribution in [0.5, 0.6) is 0 Å². The van der Waals surface area contributed by atoms with Gasteiger partial charge in [0.2, 0.25) is 0 Å². The lowest BCUT2D eigenvalue weighted by atomic mass is 10.0. The van der Waals surface area contributed by atoms with Gasteiger partial charge in [0, 0.05) is 14.8 Å². The highest BCUT2D eigenvalue weighted by atomic mass is 35.5. The smallest absolute Gasteiger partial charge is 0.103 e. The number of thioether (sulfide) groups is 1. The van der Waals surface area contributed by atoms with Crippen molar-refractivity contribution >= 4 is 34.7 Å². The first-order valence-electron chi connectivity index (χ1n) is 6.27. The van der Waals surface area contributed by atoms with Crippen LogP contribution in [0.4, 0.5) is 0 Å². The predicted molar refractivity (Wildman–Crippen MR) is 81.0 cm³/mol. The van der Waals surface area contributed by atoms with E-state index in [1.165, 1.54) is 9.77 Å². The minimum Gasteiger partial charge on any atom is -0.387 e. The van der Waals surface area contributed by atoms with Gasteiger partial charge in [-0.15, -0.1) is 23.1 Å². The van der Waals surface area contributed by atoms with E-state index < -0.39 is 0 Å². The summed E-state index contributed by atoms with van der Waals surface area (Å²) < 4.78 is 0. The van der Waals surface area contributed by atoms with E-state index in [0.29, 0.717) is 0 Å². The van der Waals surface area contributed by atoms with E-state index in [2.05, 4.69) is 4.98 Å². The van der Waals surface area contributed by atoms with Gasteiger partial charge in [-0.2, -0.15) is 0 Å². The maximum absolute atomic E-state index is 9.91. The largest absolute Gasteiger partial charge is 0.387 e. The highest BCUT2D eigenvalue weighted by molar-refractivity contribution is 7.98. The molecule has 1 aromatic carbocycles. The van der Waals surface area contributed by atoms with Crippen molar-refractivity contribution < 1.29 is 5.11 Å². The molecule has 2 nitrogen and oxygen atoms in total. The number of rotatable bonds is 3. The van der Waals surface area contributed by atoms with Crippen LogP contribution in [0.1, 0.15) is 34.5 Å². The molecule has 2 aromatic rings. The van der Waals surface area contributed by atoms with Crippen LogP contribution in [0.3, 0.4) is 0 Å². The van der Waals surface area contributed by atoms with Crippen molar-refractivity contribution in [1.82, 2.24) is 4.98 Å². The van der Waals surface area contributed by atoms with Crippen LogP contribution >= 0.6 is 34.7 Å². The third-order valence-corrected chi connectivity index (χ3v) is 5.73. The van der Waals surface area contributed by atoms with Crippen LogP contribution < -0.4 is 0 Å². The van der Waals surface area contributed by atoms with Crippen molar-refractivity contribution in [3.63, 3.8) is 0 Å².